The summed E-state index contributed by atoms with van der Waals surface area (Å²) < 4.78 is 65.2. The second-order valence-electron chi connectivity index (χ2n) is 10.3. The van der Waals surface area contributed by atoms with Gasteiger partial charge in [0.2, 0.25) is 0 Å². The predicted octanol–water partition coefficient (Wildman–Crippen LogP) is 4.73. The second kappa shape index (κ2) is 11.6. The van der Waals surface area contributed by atoms with Crippen molar-refractivity contribution < 1.29 is 26.4 Å². The summed E-state index contributed by atoms with van der Waals surface area (Å²) in [7, 11) is -1.47. The van der Waals surface area contributed by atoms with E-state index in [1.807, 2.05) is 18.2 Å². The second-order valence-corrected chi connectivity index (χ2v) is 11.4. The first-order chi connectivity index (χ1) is 19.1. The number of aromatic nitrogens is 1. The molecule has 212 valence electrons. The van der Waals surface area contributed by atoms with Gasteiger partial charge in [0.1, 0.15) is 5.37 Å². The van der Waals surface area contributed by atoms with Crippen LogP contribution in [0.5, 0.6) is 0 Å². The van der Waals surface area contributed by atoms with E-state index >= 15 is 0 Å². The molecular formula is C29H31F3N4O3S. The molecule has 1 saturated heterocycles. The summed E-state index contributed by atoms with van der Waals surface area (Å²) in [6, 6.07) is 13.6. The van der Waals surface area contributed by atoms with Crippen molar-refractivity contribution in [2.45, 2.75) is 49.3 Å². The number of amides is 1. The van der Waals surface area contributed by atoms with Crippen LogP contribution in [0.2, 0.25) is 0 Å². The lowest BCUT2D eigenvalue weighted by molar-refractivity contribution is -0.138. The number of rotatable bonds is 7. The van der Waals surface area contributed by atoms with Crippen LogP contribution in [0.25, 0.3) is 0 Å². The van der Waals surface area contributed by atoms with Gasteiger partial charge in [0.05, 0.1) is 5.56 Å². The Morgan fingerprint density at radius 1 is 1.05 bits per heavy atom. The zero-order valence-corrected chi connectivity index (χ0v) is 22.9. The summed E-state index contributed by atoms with van der Waals surface area (Å²) in [6.45, 7) is 1.63. The number of carbonyl (C=O) groups excluding carboxylic acids is 1. The Hall–Kier alpha value is -3.44. The van der Waals surface area contributed by atoms with Crippen molar-refractivity contribution in [2.75, 3.05) is 25.0 Å². The maximum absolute atomic E-state index is 13.6. The lowest BCUT2D eigenvalue weighted by Gasteiger charge is -2.38. The van der Waals surface area contributed by atoms with Crippen molar-refractivity contribution in [1.29, 1.82) is 0 Å². The van der Waals surface area contributed by atoms with Crippen LogP contribution in [-0.4, -0.2) is 50.4 Å². The number of thiol groups is 1. The fourth-order valence-corrected chi connectivity index (χ4v) is 6.55. The molecule has 2 atom stereocenters. The molecule has 1 amide bonds. The average molecular weight is 573 g/mol. The van der Waals surface area contributed by atoms with E-state index in [2.05, 4.69) is 15.2 Å². The summed E-state index contributed by atoms with van der Waals surface area (Å²) in [6.07, 6.45) is 1.62. The highest BCUT2D eigenvalue weighted by atomic mass is 32.2. The third-order valence-corrected chi connectivity index (χ3v) is 8.81. The molecule has 2 heterocycles. The largest absolute Gasteiger partial charge is 0.416 e. The number of aryl methyl sites for hydroxylation is 1. The fraction of sp³-hybridized carbons (Fsp3) is 0.379. The molecular weight excluding hydrogens is 541 g/mol. The Kier molecular flexibility index (Phi) is 8.14. The first kappa shape index (κ1) is 28.1. The van der Waals surface area contributed by atoms with E-state index in [1.165, 1.54) is 18.2 Å². The summed E-state index contributed by atoms with van der Waals surface area (Å²) >= 11 is 0. The molecule has 1 fully saturated rings. The number of alkyl halides is 3. The van der Waals surface area contributed by atoms with E-state index in [9.17, 15) is 26.4 Å². The molecule has 40 heavy (non-hydrogen) atoms. The third kappa shape index (κ3) is 5.85. The van der Waals surface area contributed by atoms with Crippen molar-refractivity contribution >= 4 is 22.3 Å². The number of hydrogen-bond acceptors (Lipinski definition) is 6. The molecule has 1 aromatic heterocycles. The zero-order chi connectivity index (χ0) is 28.4. The fourth-order valence-electron chi connectivity index (χ4n) is 5.79. The normalized spacial score (nSPS) is 18.5. The molecule has 3 aromatic rings. The van der Waals surface area contributed by atoms with E-state index in [0.717, 1.165) is 48.8 Å². The van der Waals surface area contributed by atoms with Gasteiger partial charge in [0.15, 0.2) is 10.7 Å². The number of benzene rings is 2. The standard InChI is InChI=1S/C29H31F3N4O3S/c1-35(21-12-16-36(17-13-21)22-10-14-33-15-11-22)28(37)20-7-6-19-8-9-26(24(19)18-20)34-27(40(38)39)23-4-2-3-5-25(23)29(30,31)32/h2-7,10-11,14-15,18,21,26-27,34,40H,8-9,12-13,16-17H2,1H3. The number of carbonyl (C=O) groups is 1. The number of hydrogen-bond donors (Lipinski definition) is 2. The maximum atomic E-state index is 13.6. The number of piperidine rings is 1. The molecule has 1 aliphatic carbocycles. The number of anilines is 1. The van der Waals surface area contributed by atoms with Crippen LogP contribution in [-0.2, 0) is 23.3 Å². The molecule has 1 aliphatic heterocycles. The van der Waals surface area contributed by atoms with Crippen LogP contribution in [0.3, 0.4) is 0 Å². The van der Waals surface area contributed by atoms with Gasteiger partial charge in [0.25, 0.3) is 5.91 Å². The first-order valence-corrected chi connectivity index (χ1v) is 14.5. The highest BCUT2D eigenvalue weighted by Crippen LogP contribution is 2.38. The van der Waals surface area contributed by atoms with Crippen molar-refractivity contribution in [2.24, 2.45) is 0 Å². The first-order valence-electron chi connectivity index (χ1n) is 13.2. The van der Waals surface area contributed by atoms with E-state index in [1.54, 1.807) is 36.5 Å². The maximum Gasteiger partial charge on any atom is 0.416 e. The van der Waals surface area contributed by atoms with E-state index in [0.29, 0.717) is 18.4 Å². The minimum Gasteiger partial charge on any atom is -0.371 e. The summed E-state index contributed by atoms with van der Waals surface area (Å²) in [5, 5.41) is 1.43. The van der Waals surface area contributed by atoms with E-state index < -0.39 is 33.9 Å². The minimum absolute atomic E-state index is 0.0699. The van der Waals surface area contributed by atoms with Crippen molar-refractivity contribution in [1.82, 2.24) is 15.2 Å². The van der Waals surface area contributed by atoms with Crippen molar-refractivity contribution in [3.05, 3.63) is 94.8 Å². The Labute approximate surface area is 233 Å². The summed E-state index contributed by atoms with van der Waals surface area (Å²) in [5.41, 5.74) is 1.97. The van der Waals surface area contributed by atoms with Crippen molar-refractivity contribution in [3.8, 4) is 0 Å². The number of pyridine rings is 1. The van der Waals surface area contributed by atoms with Crippen LogP contribution in [0.4, 0.5) is 18.9 Å². The molecule has 0 bridgehead atoms. The van der Waals surface area contributed by atoms with Gasteiger partial charge < -0.3 is 9.80 Å². The molecule has 0 spiro atoms. The van der Waals surface area contributed by atoms with Gasteiger partial charge in [-0.2, -0.15) is 13.2 Å². The molecule has 0 radical (unpaired) electrons. The Morgan fingerprint density at radius 3 is 2.42 bits per heavy atom. The topological polar surface area (TPSA) is 82.6 Å². The summed E-state index contributed by atoms with van der Waals surface area (Å²) in [5.74, 6) is -0.135. The number of nitrogens with one attached hydrogen (secondary N) is 1. The smallest absolute Gasteiger partial charge is 0.371 e. The number of fused-ring (bicyclic) bond motifs is 1. The van der Waals surface area contributed by atoms with Crippen LogP contribution in [0.15, 0.2) is 67.0 Å². The average Bonchev–Trinajstić information content (AvgIpc) is 3.37. The molecule has 11 heteroatoms. The minimum atomic E-state index is -4.69. The van der Waals surface area contributed by atoms with E-state index in [4.69, 9.17) is 0 Å². The lowest BCUT2D eigenvalue weighted by Crippen LogP contribution is -2.45. The van der Waals surface area contributed by atoms with Crippen LogP contribution in [0.1, 0.15) is 63.3 Å². The molecule has 2 unspecified atom stereocenters. The SMILES string of the molecule is CN(C(=O)c1ccc2c(c1)C(NC(c1ccccc1C(F)(F)F)[SH](=O)=O)CC2)C1CCN(c2ccncc2)CC1. The molecule has 7 nitrogen and oxygen atoms in total. The molecule has 1 N–H and O–H groups in total. The molecule has 2 aliphatic rings. The van der Waals surface area contributed by atoms with Gasteiger partial charge >= 0.3 is 6.18 Å². The van der Waals surface area contributed by atoms with Gasteiger partial charge in [-0.1, -0.05) is 24.3 Å². The van der Waals surface area contributed by atoms with Gasteiger partial charge in [0, 0.05) is 55.9 Å². The Bertz CT molecular complexity index is 1430. The molecule has 5 rings (SSSR count). The summed E-state index contributed by atoms with van der Waals surface area (Å²) in [4.78, 5) is 21.6. The zero-order valence-electron chi connectivity index (χ0n) is 22.0. The molecule has 2 aromatic carbocycles. The molecule has 0 saturated carbocycles. The predicted molar refractivity (Wildman–Crippen MR) is 147 cm³/mol. The Balaban J connectivity index is 1.31. The highest BCUT2D eigenvalue weighted by Gasteiger charge is 2.37. The number of nitrogens with zero attached hydrogens (tertiary/aromatic N) is 3. The van der Waals surface area contributed by atoms with Gasteiger partial charge in [-0.05, 0) is 72.7 Å². The van der Waals surface area contributed by atoms with Crippen molar-refractivity contribution in [3.63, 3.8) is 0 Å². The van der Waals surface area contributed by atoms with Crippen LogP contribution >= 0.6 is 0 Å². The van der Waals surface area contributed by atoms with Gasteiger partial charge in [-0.3, -0.25) is 15.1 Å². The van der Waals surface area contributed by atoms with Crippen LogP contribution < -0.4 is 10.2 Å². The van der Waals surface area contributed by atoms with Gasteiger partial charge in [-0.15, -0.1) is 0 Å². The van der Waals surface area contributed by atoms with E-state index in [-0.39, 0.29) is 17.5 Å². The highest BCUT2D eigenvalue weighted by molar-refractivity contribution is 7.72. The number of halogens is 3. The monoisotopic (exact) mass is 572 g/mol. The third-order valence-electron chi connectivity index (χ3n) is 7.96. The van der Waals surface area contributed by atoms with Gasteiger partial charge in [-0.25, -0.2) is 8.42 Å². The lowest BCUT2D eigenvalue weighted by atomic mass is 10.00. The Morgan fingerprint density at radius 2 is 1.75 bits per heavy atom. The quantitative estimate of drug-likeness (QED) is 0.399. The van der Waals surface area contributed by atoms with Crippen LogP contribution in [0, 0.1) is 0 Å².